The Hall–Kier alpha value is -0.500. The predicted octanol–water partition coefficient (Wildman–Crippen LogP) is -1.23. The van der Waals surface area contributed by atoms with Gasteiger partial charge in [0.2, 0.25) is 0 Å². The summed E-state index contributed by atoms with van der Waals surface area (Å²) >= 11 is 0. The van der Waals surface area contributed by atoms with Crippen molar-refractivity contribution in [3.8, 4) is 0 Å². The number of hydrogen-bond donors (Lipinski definition) is 4. The smallest absolute Gasteiger partial charge is 0.187 e. The molecule has 6 heteroatoms. The van der Waals surface area contributed by atoms with Crippen LogP contribution in [-0.2, 0) is 9.47 Å². The van der Waals surface area contributed by atoms with Gasteiger partial charge in [-0.05, 0) is 13.8 Å². The van der Waals surface area contributed by atoms with E-state index in [0.717, 1.165) is 0 Å². The molecule has 0 spiro atoms. The summed E-state index contributed by atoms with van der Waals surface area (Å²) in [6.07, 6.45) is -4.74. The molecule has 1 fully saturated rings. The van der Waals surface area contributed by atoms with E-state index in [-0.39, 0.29) is 0 Å². The molecule has 1 aliphatic rings. The third-order valence-electron chi connectivity index (χ3n) is 2.76. The molecule has 0 radical (unpaired) electrons. The molecular weight excluding hydrogens is 228 g/mol. The minimum Gasteiger partial charge on any atom is -0.394 e. The van der Waals surface area contributed by atoms with E-state index in [4.69, 9.17) is 14.6 Å². The summed E-state index contributed by atoms with van der Waals surface area (Å²) < 4.78 is 10.6. The largest absolute Gasteiger partial charge is 0.394 e. The second-order valence-corrected chi connectivity index (χ2v) is 4.62. The molecule has 0 aromatic rings. The predicted molar refractivity (Wildman–Crippen MR) is 59.1 cm³/mol. The molecule has 1 rings (SSSR count). The van der Waals surface area contributed by atoms with Crippen molar-refractivity contribution in [1.29, 1.82) is 0 Å². The highest BCUT2D eigenvalue weighted by Crippen LogP contribution is 2.25. The summed E-state index contributed by atoms with van der Waals surface area (Å²) in [4.78, 5) is 0. The second-order valence-electron chi connectivity index (χ2n) is 4.62. The molecule has 0 saturated carbocycles. The van der Waals surface area contributed by atoms with Gasteiger partial charge >= 0.3 is 0 Å². The minimum atomic E-state index is -1.42. The maximum absolute atomic E-state index is 9.70. The summed E-state index contributed by atoms with van der Waals surface area (Å²) in [5.41, 5.74) is -0.756. The zero-order valence-electron chi connectivity index (χ0n) is 9.98. The van der Waals surface area contributed by atoms with Crippen LogP contribution in [0.1, 0.15) is 13.8 Å². The van der Waals surface area contributed by atoms with Crippen molar-refractivity contribution >= 4 is 0 Å². The van der Waals surface area contributed by atoms with Crippen LogP contribution in [-0.4, -0.2) is 63.3 Å². The van der Waals surface area contributed by atoms with Crippen molar-refractivity contribution in [1.82, 2.24) is 0 Å². The number of aliphatic hydroxyl groups excluding tert-OH is 4. The van der Waals surface area contributed by atoms with Crippen molar-refractivity contribution in [2.75, 3.05) is 6.61 Å². The molecule has 100 valence electrons. The SMILES string of the molecule is C=CC(C)(C)O[C@@H]1O[C@H](CO)[C@H](O)[C@H](O)[C@H]1O. The zero-order valence-corrected chi connectivity index (χ0v) is 9.98. The summed E-state index contributed by atoms with van der Waals surface area (Å²) in [6, 6.07) is 0. The lowest BCUT2D eigenvalue weighted by atomic mass is 9.99. The van der Waals surface area contributed by atoms with E-state index in [1.165, 1.54) is 6.08 Å². The fourth-order valence-electron chi connectivity index (χ4n) is 1.51. The monoisotopic (exact) mass is 248 g/mol. The van der Waals surface area contributed by atoms with Gasteiger partial charge in [-0.3, -0.25) is 0 Å². The second kappa shape index (κ2) is 5.43. The van der Waals surface area contributed by atoms with E-state index in [0.29, 0.717) is 0 Å². The van der Waals surface area contributed by atoms with Crippen LogP contribution < -0.4 is 0 Å². The topological polar surface area (TPSA) is 99.4 Å². The third kappa shape index (κ3) is 3.25. The van der Waals surface area contributed by atoms with Crippen LogP contribution in [0.3, 0.4) is 0 Å². The van der Waals surface area contributed by atoms with Gasteiger partial charge in [0.25, 0.3) is 0 Å². The molecule has 17 heavy (non-hydrogen) atoms. The summed E-state index contributed by atoms with van der Waals surface area (Å²) in [7, 11) is 0. The van der Waals surface area contributed by atoms with E-state index in [1.54, 1.807) is 13.8 Å². The summed E-state index contributed by atoms with van der Waals surface area (Å²) in [5.74, 6) is 0. The van der Waals surface area contributed by atoms with Gasteiger partial charge in [-0.1, -0.05) is 6.08 Å². The fourth-order valence-corrected chi connectivity index (χ4v) is 1.51. The lowest BCUT2D eigenvalue weighted by molar-refractivity contribution is -0.317. The Morgan fingerprint density at radius 1 is 1.24 bits per heavy atom. The molecule has 1 heterocycles. The molecule has 0 bridgehead atoms. The molecule has 0 amide bonds. The first kappa shape index (κ1) is 14.6. The zero-order chi connectivity index (χ0) is 13.2. The Morgan fingerprint density at radius 3 is 2.29 bits per heavy atom. The normalized spacial score (nSPS) is 39.1. The average Bonchev–Trinajstić information content (AvgIpc) is 2.30. The Kier molecular flexibility index (Phi) is 4.65. The highest BCUT2D eigenvalue weighted by Gasteiger charge is 2.45. The van der Waals surface area contributed by atoms with Crippen LogP contribution in [0.4, 0.5) is 0 Å². The van der Waals surface area contributed by atoms with Crippen molar-refractivity contribution in [2.24, 2.45) is 0 Å². The van der Waals surface area contributed by atoms with Crippen molar-refractivity contribution in [2.45, 2.75) is 50.2 Å². The van der Waals surface area contributed by atoms with Gasteiger partial charge in [0.15, 0.2) is 6.29 Å². The molecule has 0 aliphatic carbocycles. The van der Waals surface area contributed by atoms with Gasteiger partial charge in [0.1, 0.15) is 24.4 Å². The van der Waals surface area contributed by atoms with Crippen molar-refractivity contribution < 1.29 is 29.9 Å². The van der Waals surface area contributed by atoms with Gasteiger partial charge < -0.3 is 29.9 Å². The molecule has 0 unspecified atom stereocenters. The van der Waals surface area contributed by atoms with Crippen LogP contribution >= 0.6 is 0 Å². The van der Waals surface area contributed by atoms with Gasteiger partial charge in [-0.2, -0.15) is 0 Å². The standard InChI is InChI=1S/C11H20O6/c1-4-11(2,3)17-10-9(15)8(14)7(13)6(5-12)16-10/h4,6-10,12-15H,1,5H2,2-3H3/t6-,7+,8+,9-,10+/m1/s1. The van der Waals surface area contributed by atoms with E-state index >= 15 is 0 Å². The number of ether oxygens (including phenoxy) is 2. The Balaban J connectivity index is 2.75. The number of aliphatic hydroxyl groups is 4. The first-order chi connectivity index (χ1) is 7.82. The van der Waals surface area contributed by atoms with Crippen molar-refractivity contribution in [3.63, 3.8) is 0 Å². The first-order valence-corrected chi connectivity index (χ1v) is 5.44. The van der Waals surface area contributed by atoms with E-state index < -0.39 is 42.9 Å². The first-order valence-electron chi connectivity index (χ1n) is 5.44. The fraction of sp³-hybridized carbons (Fsp3) is 0.818. The van der Waals surface area contributed by atoms with Gasteiger partial charge in [-0.15, -0.1) is 6.58 Å². The lowest BCUT2D eigenvalue weighted by Gasteiger charge is -2.42. The molecule has 6 nitrogen and oxygen atoms in total. The van der Waals surface area contributed by atoms with Gasteiger partial charge in [0.05, 0.1) is 12.2 Å². The molecule has 1 saturated heterocycles. The molecular formula is C11H20O6. The van der Waals surface area contributed by atoms with E-state index in [9.17, 15) is 15.3 Å². The minimum absolute atomic E-state index is 0.473. The highest BCUT2D eigenvalue weighted by molar-refractivity contribution is 4.94. The quantitative estimate of drug-likeness (QED) is 0.465. The van der Waals surface area contributed by atoms with Gasteiger partial charge in [0, 0.05) is 0 Å². The Morgan fingerprint density at radius 2 is 1.82 bits per heavy atom. The number of rotatable bonds is 4. The van der Waals surface area contributed by atoms with E-state index in [2.05, 4.69) is 6.58 Å². The highest BCUT2D eigenvalue weighted by atomic mass is 16.7. The Bertz CT molecular complexity index is 265. The summed E-state index contributed by atoms with van der Waals surface area (Å²) in [6.45, 7) is 6.52. The van der Waals surface area contributed by atoms with E-state index in [1.807, 2.05) is 0 Å². The lowest BCUT2D eigenvalue weighted by Crippen LogP contribution is -2.60. The van der Waals surface area contributed by atoms with Crippen molar-refractivity contribution in [3.05, 3.63) is 12.7 Å². The molecule has 1 aliphatic heterocycles. The third-order valence-corrected chi connectivity index (χ3v) is 2.76. The molecule has 5 atom stereocenters. The van der Waals surface area contributed by atoms with Crippen LogP contribution in [0.25, 0.3) is 0 Å². The molecule has 4 N–H and O–H groups in total. The van der Waals surface area contributed by atoms with Gasteiger partial charge in [-0.25, -0.2) is 0 Å². The maximum atomic E-state index is 9.70. The molecule has 0 aromatic carbocycles. The van der Waals surface area contributed by atoms with Crippen LogP contribution in [0.2, 0.25) is 0 Å². The van der Waals surface area contributed by atoms with Crippen LogP contribution in [0.5, 0.6) is 0 Å². The maximum Gasteiger partial charge on any atom is 0.187 e. The number of hydrogen-bond acceptors (Lipinski definition) is 6. The summed E-state index contributed by atoms with van der Waals surface area (Å²) in [5, 5.41) is 37.8. The Labute approximate surface area is 100 Å². The van der Waals surface area contributed by atoms with Crippen LogP contribution in [0, 0.1) is 0 Å². The average molecular weight is 248 g/mol. The van der Waals surface area contributed by atoms with Crippen LogP contribution in [0.15, 0.2) is 12.7 Å². The molecule has 0 aromatic heterocycles.